The third-order valence-electron chi connectivity index (χ3n) is 3.00. The Hall–Kier alpha value is -2.04. The van der Waals surface area contributed by atoms with Gasteiger partial charge in [0.25, 0.3) is 0 Å². The van der Waals surface area contributed by atoms with Gasteiger partial charge in [0, 0.05) is 18.9 Å². The van der Waals surface area contributed by atoms with Gasteiger partial charge in [-0.05, 0) is 38.3 Å². The molecule has 5 heteroatoms. The molecule has 1 unspecified atom stereocenters. The summed E-state index contributed by atoms with van der Waals surface area (Å²) in [6, 6.07) is 9.50. The number of hydrogen-bond acceptors (Lipinski definition) is 3. The summed E-state index contributed by atoms with van der Waals surface area (Å²) >= 11 is 0. The van der Waals surface area contributed by atoms with Gasteiger partial charge in [-0.25, -0.2) is 0 Å². The normalized spacial score (nSPS) is 11.7. The third-order valence-corrected chi connectivity index (χ3v) is 3.00. The van der Waals surface area contributed by atoms with Crippen LogP contribution in [0, 0.1) is 0 Å². The van der Waals surface area contributed by atoms with Gasteiger partial charge in [0.05, 0.1) is 6.61 Å². The van der Waals surface area contributed by atoms with Gasteiger partial charge >= 0.3 is 5.97 Å². The van der Waals surface area contributed by atoms with Gasteiger partial charge in [0.1, 0.15) is 5.75 Å². The topological polar surface area (TPSA) is 75.6 Å². The van der Waals surface area contributed by atoms with Crippen molar-refractivity contribution >= 4 is 11.9 Å². The molecular formula is C16H23NO4. The number of carboxylic acid groups (broad SMARTS) is 1. The Balaban J connectivity index is 2.06. The zero-order valence-corrected chi connectivity index (χ0v) is 12.4. The van der Waals surface area contributed by atoms with Crippen molar-refractivity contribution < 1.29 is 19.4 Å². The smallest absolute Gasteiger partial charge is 0.303 e. The first kappa shape index (κ1) is 17.0. The van der Waals surface area contributed by atoms with Crippen LogP contribution < -0.4 is 10.1 Å². The maximum Gasteiger partial charge on any atom is 0.303 e. The summed E-state index contributed by atoms with van der Waals surface area (Å²) in [6.07, 6.45) is 2.47. The second-order valence-electron chi connectivity index (χ2n) is 5.02. The predicted octanol–water partition coefficient (Wildman–Crippen LogP) is 2.61. The number of hydrogen-bond donors (Lipinski definition) is 2. The number of benzene rings is 1. The molecule has 0 aromatic heterocycles. The zero-order chi connectivity index (χ0) is 15.5. The monoisotopic (exact) mass is 293 g/mol. The molecule has 21 heavy (non-hydrogen) atoms. The van der Waals surface area contributed by atoms with Crippen LogP contribution in [0.5, 0.6) is 5.75 Å². The van der Waals surface area contributed by atoms with Crippen LogP contribution in [-0.2, 0) is 9.59 Å². The third kappa shape index (κ3) is 8.68. The van der Waals surface area contributed by atoms with Crippen LogP contribution >= 0.6 is 0 Å². The van der Waals surface area contributed by atoms with Crippen LogP contribution in [0.25, 0.3) is 0 Å². The molecule has 0 saturated heterocycles. The molecule has 1 aromatic rings. The number of nitrogens with one attached hydrogen (secondary N) is 1. The van der Waals surface area contributed by atoms with E-state index in [1.807, 2.05) is 37.3 Å². The van der Waals surface area contributed by atoms with Gasteiger partial charge < -0.3 is 15.2 Å². The van der Waals surface area contributed by atoms with E-state index < -0.39 is 5.97 Å². The maximum absolute atomic E-state index is 11.7. The molecule has 0 radical (unpaired) electrons. The van der Waals surface area contributed by atoms with Gasteiger partial charge in [0.2, 0.25) is 5.91 Å². The van der Waals surface area contributed by atoms with Crippen LogP contribution in [0.15, 0.2) is 30.3 Å². The fraction of sp³-hybridized carbons (Fsp3) is 0.500. The molecule has 0 heterocycles. The summed E-state index contributed by atoms with van der Waals surface area (Å²) in [5.41, 5.74) is 0. The molecule has 1 atom stereocenters. The Morgan fingerprint density at radius 2 is 1.90 bits per heavy atom. The van der Waals surface area contributed by atoms with Crippen LogP contribution in [0.1, 0.15) is 39.0 Å². The molecule has 2 N–H and O–H groups in total. The second-order valence-corrected chi connectivity index (χ2v) is 5.02. The van der Waals surface area contributed by atoms with Crippen molar-refractivity contribution in [3.63, 3.8) is 0 Å². The molecule has 1 amide bonds. The van der Waals surface area contributed by atoms with Gasteiger partial charge in [-0.2, -0.15) is 0 Å². The standard InChI is InChI=1S/C16H23NO4/c1-13(7-5-11-16(19)20)17-15(18)10-6-12-21-14-8-3-2-4-9-14/h2-4,8-9,13H,5-7,10-12H2,1H3,(H,17,18)(H,19,20). The second kappa shape index (κ2) is 9.80. The highest BCUT2D eigenvalue weighted by atomic mass is 16.5. The van der Waals surface area contributed by atoms with Crippen molar-refractivity contribution in [2.24, 2.45) is 0 Å². The number of aliphatic carboxylic acids is 1. The van der Waals surface area contributed by atoms with Gasteiger partial charge in [-0.1, -0.05) is 18.2 Å². The minimum atomic E-state index is -0.799. The number of ether oxygens (including phenoxy) is 1. The summed E-state index contributed by atoms with van der Waals surface area (Å²) in [5, 5.41) is 11.4. The van der Waals surface area contributed by atoms with Crippen LogP contribution in [-0.4, -0.2) is 29.6 Å². The van der Waals surface area contributed by atoms with E-state index in [9.17, 15) is 9.59 Å². The van der Waals surface area contributed by atoms with E-state index in [1.165, 1.54) is 0 Å². The first-order valence-corrected chi connectivity index (χ1v) is 7.27. The molecule has 5 nitrogen and oxygen atoms in total. The van der Waals surface area contributed by atoms with Crippen molar-refractivity contribution in [1.82, 2.24) is 5.32 Å². The maximum atomic E-state index is 11.7. The largest absolute Gasteiger partial charge is 0.494 e. The summed E-state index contributed by atoms with van der Waals surface area (Å²) in [7, 11) is 0. The van der Waals surface area contributed by atoms with Crippen molar-refractivity contribution in [3.8, 4) is 5.75 Å². The Kier molecular flexibility index (Phi) is 7.94. The quantitative estimate of drug-likeness (QED) is 0.650. The molecule has 0 fully saturated rings. The van der Waals surface area contributed by atoms with E-state index >= 15 is 0 Å². The first-order valence-electron chi connectivity index (χ1n) is 7.27. The number of para-hydroxylation sites is 1. The van der Waals surface area contributed by atoms with Crippen LogP contribution in [0.3, 0.4) is 0 Å². The summed E-state index contributed by atoms with van der Waals surface area (Å²) in [4.78, 5) is 22.1. The molecule has 0 aliphatic rings. The van der Waals surface area contributed by atoms with E-state index in [4.69, 9.17) is 9.84 Å². The first-order chi connectivity index (χ1) is 10.1. The average Bonchev–Trinajstić information content (AvgIpc) is 2.44. The van der Waals surface area contributed by atoms with Crippen molar-refractivity contribution in [2.45, 2.75) is 45.1 Å². The predicted molar refractivity (Wildman–Crippen MR) is 80.3 cm³/mol. The molecule has 0 aliphatic heterocycles. The number of carbonyl (C=O) groups is 2. The SMILES string of the molecule is CC(CCCC(=O)O)NC(=O)CCCOc1ccccc1. The fourth-order valence-corrected chi connectivity index (χ4v) is 1.92. The molecule has 0 bridgehead atoms. The minimum Gasteiger partial charge on any atom is -0.494 e. The molecule has 116 valence electrons. The number of rotatable bonds is 10. The highest BCUT2D eigenvalue weighted by Gasteiger charge is 2.08. The molecule has 1 aromatic carbocycles. The number of carbonyl (C=O) groups excluding carboxylic acids is 1. The van der Waals surface area contributed by atoms with Gasteiger partial charge in [0.15, 0.2) is 0 Å². The van der Waals surface area contributed by atoms with Crippen molar-refractivity contribution in [3.05, 3.63) is 30.3 Å². The van der Waals surface area contributed by atoms with E-state index in [1.54, 1.807) is 0 Å². The number of amides is 1. The summed E-state index contributed by atoms with van der Waals surface area (Å²) in [5.74, 6) is -0.0129. The lowest BCUT2D eigenvalue weighted by molar-refractivity contribution is -0.137. The molecule has 1 rings (SSSR count). The molecule has 0 spiro atoms. The van der Waals surface area contributed by atoms with Gasteiger partial charge in [-0.15, -0.1) is 0 Å². The minimum absolute atomic E-state index is 0.00638. The van der Waals surface area contributed by atoms with E-state index in [0.29, 0.717) is 32.3 Å². The lowest BCUT2D eigenvalue weighted by atomic mass is 10.1. The van der Waals surface area contributed by atoms with Gasteiger partial charge in [-0.3, -0.25) is 9.59 Å². The van der Waals surface area contributed by atoms with Crippen molar-refractivity contribution in [2.75, 3.05) is 6.61 Å². The summed E-state index contributed by atoms with van der Waals surface area (Å²) in [6.45, 7) is 2.39. The summed E-state index contributed by atoms with van der Waals surface area (Å²) < 4.78 is 5.51. The Bertz CT molecular complexity index is 433. The molecule has 0 saturated carbocycles. The van der Waals surface area contributed by atoms with Crippen molar-refractivity contribution in [1.29, 1.82) is 0 Å². The molecular weight excluding hydrogens is 270 g/mol. The molecule has 0 aliphatic carbocycles. The van der Waals surface area contributed by atoms with Crippen LogP contribution in [0.4, 0.5) is 0 Å². The highest BCUT2D eigenvalue weighted by molar-refractivity contribution is 5.76. The highest BCUT2D eigenvalue weighted by Crippen LogP contribution is 2.09. The zero-order valence-electron chi connectivity index (χ0n) is 12.4. The van der Waals surface area contributed by atoms with Crippen LogP contribution in [0.2, 0.25) is 0 Å². The Morgan fingerprint density at radius 1 is 1.19 bits per heavy atom. The Labute approximate surface area is 125 Å². The lowest BCUT2D eigenvalue weighted by Gasteiger charge is -2.13. The lowest BCUT2D eigenvalue weighted by Crippen LogP contribution is -2.32. The number of carboxylic acids is 1. The van der Waals surface area contributed by atoms with E-state index in [0.717, 1.165) is 5.75 Å². The fourth-order valence-electron chi connectivity index (χ4n) is 1.92. The average molecular weight is 293 g/mol. The Morgan fingerprint density at radius 3 is 2.57 bits per heavy atom. The van der Waals surface area contributed by atoms with E-state index in [-0.39, 0.29) is 18.4 Å². The van der Waals surface area contributed by atoms with E-state index in [2.05, 4.69) is 5.32 Å².